The van der Waals surface area contributed by atoms with Gasteiger partial charge in [0.15, 0.2) is 0 Å². The van der Waals surface area contributed by atoms with E-state index in [1.807, 2.05) is 28.0 Å². The van der Waals surface area contributed by atoms with Crippen molar-refractivity contribution in [2.45, 2.75) is 38.6 Å². The van der Waals surface area contributed by atoms with Crippen molar-refractivity contribution in [2.75, 3.05) is 19.6 Å². The molecular formula is C22H26N2O2S. The van der Waals surface area contributed by atoms with E-state index in [9.17, 15) is 9.59 Å². The average Bonchev–Trinajstić information content (AvgIpc) is 3.20. The number of hydrogen-bond acceptors (Lipinski definition) is 3. The van der Waals surface area contributed by atoms with Crippen LogP contribution in [0, 0.1) is 5.92 Å². The van der Waals surface area contributed by atoms with Gasteiger partial charge >= 0.3 is 0 Å². The Morgan fingerprint density at radius 3 is 2.56 bits per heavy atom. The van der Waals surface area contributed by atoms with Crippen molar-refractivity contribution >= 4 is 23.2 Å². The van der Waals surface area contributed by atoms with Crippen LogP contribution in [0.25, 0.3) is 0 Å². The molecule has 0 saturated carbocycles. The SMILES string of the molecule is O=C(CCc1ccccc1)N1CCC(C(=O)N2CCc3sccc3C2)CC1. The molecule has 0 bridgehead atoms. The molecule has 1 aromatic heterocycles. The topological polar surface area (TPSA) is 40.6 Å². The molecule has 0 radical (unpaired) electrons. The fourth-order valence-corrected chi connectivity index (χ4v) is 5.01. The van der Waals surface area contributed by atoms with Crippen LogP contribution in [0.15, 0.2) is 41.8 Å². The number of piperidine rings is 1. The third-order valence-electron chi connectivity index (χ3n) is 5.79. The Labute approximate surface area is 164 Å². The summed E-state index contributed by atoms with van der Waals surface area (Å²) in [7, 11) is 0. The van der Waals surface area contributed by atoms with E-state index in [1.54, 1.807) is 11.3 Å². The van der Waals surface area contributed by atoms with E-state index in [0.717, 1.165) is 38.8 Å². The molecule has 3 heterocycles. The molecule has 0 aliphatic carbocycles. The van der Waals surface area contributed by atoms with E-state index in [4.69, 9.17) is 0 Å². The van der Waals surface area contributed by atoms with E-state index >= 15 is 0 Å². The minimum absolute atomic E-state index is 0.0726. The van der Waals surface area contributed by atoms with Crippen LogP contribution in [-0.4, -0.2) is 41.2 Å². The molecule has 0 unspecified atom stereocenters. The Balaban J connectivity index is 1.25. The molecule has 1 fully saturated rings. The Morgan fingerprint density at radius 2 is 1.78 bits per heavy atom. The molecule has 27 heavy (non-hydrogen) atoms. The molecule has 2 aromatic rings. The number of aryl methyl sites for hydroxylation is 1. The van der Waals surface area contributed by atoms with Crippen molar-refractivity contribution in [2.24, 2.45) is 5.92 Å². The van der Waals surface area contributed by atoms with E-state index < -0.39 is 0 Å². The van der Waals surface area contributed by atoms with Gasteiger partial charge in [-0.25, -0.2) is 0 Å². The summed E-state index contributed by atoms with van der Waals surface area (Å²) >= 11 is 1.80. The van der Waals surface area contributed by atoms with Gasteiger partial charge in [0.25, 0.3) is 0 Å². The van der Waals surface area contributed by atoms with Crippen LogP contribution in [0.4, 0.5) is 0 Å². The Kier molecular flexibility index (Phi) is 5.58. The van der Waals surface area contributed by atoms with Crippen LogP contribution in [0.3, 0.4) is 0 Å². The highest BCUT2D eigenvalue weighted by Crippen LogP contribution is 2.27. The number of carbonyl (C=O) groups excluding carboxylic acids is 2. The molecule has 5 heteroatoms. The molecule has 142 valence electrons. The molecule has 2 amide bonds. The van der Waals surface area contributed by atoms with Crippen LogP contribution >= 0.6 is 11.3 Å². The van der Waals surface area contributed by atoms with Gasteiger partial charge in [-0.1, -0.05) is 30.3 Å². The van der Waals surface area contributed by atoms with Crippen LogP contribution < -0.4 is 0 Å². The minimum atomic E-state index is 0.0726. The second-order valence-electron chi connectivity index (χ2n) is 7.52. The summed E-state index contributed by atoms with van der Waals surface area (Å²) in [5.41, 5.74) is 2.52. The van der Waals surface area contributed by atoms with Gasteiger partial charge < -0.3 is 9.80 Å². The summed E-state index contributed by atoms with van der Waals surface area (Å²) in [4.78, 5) is 30.8. The number of nitrogens with zero attached hydrogens (tertiary/aromatic N) is 2. The lowest BCUT2D eigenvalue weighted by molar-refractivity contribution is -0.141. The highest BCUT2D eigenvalue weighted by molar-refractivity contribution is 7.10. The molecule has 0 atom stereocenters. The van der Waals surface area contributed by atoms with Crippen LogP contribution in [0.1, 0.15) is 35.3 Å². The van der Waals surface area contributed by atoms with Gasteiger partial charge in [-0.2, -0.15) is 0 Å². The van der Waals surface area contributed by atoms with Crippen molar-refractivity contribution in [1.29, 1.82) is 0 Å². The number of fused-ring (bicyclic) bond motifs is 1. The van der Waals surface area contributed by atoms with Crippen molar-refractivity contribution in [3.8, 4) is 0 Å². The molecule has 1 saturated heterocycles. The van der Waals surface area contributed by atoms with Gasteiger partial charge in [-0.3, -0.25) is 9.59 Å². The molecule has 2 aliphatic rings. The average molecular weight is 383 g/mol. The lowest BCUT2D eigenvalue weighted by Gasteiger charge is -2.35. The van der Waals surface area contributed by atoms with Gasteiger partial charge in [0.1, 0.15) is 0 Å². The minimum Gasteiger partial charge on any atom is -0.343 e. The van der Waals surface area contributed by atoms with Gasteiger partial charge in [-0.15, -0.1) is 11.3 Å². The predicted molar refractivity (Wildman–Crippen MR) is 108 cm³/mol. The second kappa shape index (κ2) is 8.26. The zero-order valence-corrected chi connectivity index (χ0v) is 16.4. The first kappa shape index (κ1) is 18.2. The van der Waals surface area contributed by atoms with Crippen LogP contribution in [0.2, 0.25) is 0 Å². The van der Waals surface area contributed by atoms with Crippen molar-refractivity contribution in [1.82, 2.24) is 9.80 Å². The zero-order chi connectivity index (χ0) is 18.6. The summed E-state index contributed by atoms with van der Waals surface area (Å²) < 4.78 is 0. The van der Waals surface area contributed by atoms with Gasteiger partial charge in [0, 0.05) is 43.4 Å². The fourth-order valence-electron chi connectivity index (χ4n) is 4.12. The molecule has 0 spiro atoms. The molecule has 4 nitrogen and oxygen atoms in total. The second-order valence-corrected chi connectivity index (χ2v) is 8.52. The van der Waals surface area contributed by atoms with Crippen molar-refractivity contribution in [3.63, 3.8) is 0 Å². The maximum absolute atomic E-state index is 12.9. The molecular weight excluding hydrogens is 356 g/mol. The normalized spacial score (nSPS) is 17.6. The summed E-state index contributed by atoms with van der Waals surface area (Å²) in [5, 5.41) is 2.12. The van der Waals surface area contributed by atoms with Crippen molar-refractivity contribution < 1.29 is 9.59 Å². The lowest BCUT2D eigenvalue weighted by atomic mass is 9.94. The first-order valence-corrected chi connectivity index (χ1v) is 10.7. The smallest absolute Gasteiger partial charge is 0.226 e. The Morgan fingerprint density at radius 1 is 1.00 bits per heavy atom. The third kappa shape index (κ3) is 4.24. The van der Waals surface area contributed by atoms with Gasteiger partial charge in [0.2, 0.25) is 11.8 Å². The molecule has 1 aromatic carbocycles. The van der Waals surface area contributed by atoms with Crippen LogP contribution in [0.5, 0.6) is 0 Å². The zero-order valence-electron chi connectivity index (χ0n) is 15.6. The maximum atomic E-state index is 12.9. The maximum Gasteiger partial charge on any atom is 0.226 e. The summed E-state index contributed by atoms with van der Waals surface area (Å²) in [6, 6.07) is 12.3. The number of carbonyl (C=O) groups is 2. The van der Waals surface area contributed by atoms with E-state index in [2.05, 4.69) is 23.6 Å². The lowest BCUT2D eigenvalue weighted by Crippen LogP contribution is -2.45. The largest absolute Gasteiger partial charge is 0.343 e. The third-order valence-corrected chi connectivity index (χ3v) is 6.81. The molecule has 2 aliphatic heterocycles. The van der Waals surface area contributed by atoms with Gasteiger partial charge in [-0.05, 0) is 48.3 Å². The number of likely N-dealkylation sites (tertiary alicyclic amines) is 1. The van der Waals surface area contributed by atoms with E-state index in [0.29, 0.717) is 19.5 Å². The standard InChI is InChI=1S/C22H26N2O2S/c25-21(7-6-17-4-2-1-3-5-17)23-12-8-18(9-13-23)22(26)24-14-10-20-19(16-24)11-15-27-20/h1-5,11,15,18H,6-10,12-14,16H2. The van der Waals surface area contributed by atoms with Gasteiger partial charge in [0.05, 0.1) is 0 Å². The highest BCUT2D eigenvalue weighted by atomic mass is 32.1. The number of thiophene rings is 1. The van der Waals surface area contributed by atoms with Crippen LogP contribution in [-0.2, 0) is 29.0 Å². The monoisotopic (exact) mass is 382 g/mol. The summed E-state index contributed by atoms with van der Waals surface area (Å²) in [5.74, 6) is 0.567. The number of hydrogen-bond donors (Lipinski definition) is 0. The number of benzene rings is 1. The first-order valence-electron chi connectivity index (χ1n) is 9.86. The number of amides is 2. The molecule has 0 N–H and O–H groups in total. The first-order chi connectivity index (χ1) is 13.2. The van der Waals surface area contributed by atoms with E-state index in [-0.39, 0.29) is 17.7 Å². The Bertz CT molecular complexity index is 794. The quantitative estimate of drug-likeness (QED) is 0.812. The molecule has 4 rings (SSSR count). The van der Waals surface area contributed by atoms with Crippen molar-refractivity contribution in [3.05, 3.63) is 57.8 Å². The summed E-state index contributed by atoms with van der Waals surface area (Å²) in [6.45, 7) is 3.01. The Hall–Kier alpha value is -2.14. The predicted octanol–water partition coefficient (Wildman–Crippen LogP) is 3.50. The highest BCUT2D eigenvalue weighted by Gasteiger charge is 2.31. The van der Waals surface area contributed by atoms with E-state index in [1.165, 1.54) is 16.0 Å². The summed E-state index contributed by atoms with van der Waals surface area (Å²) in [6.07, 6.45) is 3.91. The number of rotatable bonds is 4. The fraction of sp³-hybridized carbons (Fsp3) is 0.455.